The summed E-state index contributed by atoms with van der Waals surface area (Å²) in [5.41, 5.74) is 0.240. The number of ether oxygens (including phenoxy) is 2. The lowest BCUT2D eigenvalue weighted by Crippen LogP contribution is -2.48. The van der Waals surface area contributed by atoms with Crippen molar-refractivity contribution < 1.29 is 24.2 Å². The van der Waals surface area contributed by atoms with Gasteiger partial charge in [0.1, 0.15) is 18.2 Å². The van der Waals surface area contributed by atoms with Crippen molar-refractivity contribution in [1.82, 2.24) is 5.32 Å². The second kappa shape index (κ2) is 8.64. The molecule has 0 radical (unpaired) electrons. The largest absolute Gasteiger partial charge is 0.460 e. The van der Waals surface area contributed by atoms with E-state index in [0.29, 0.717) is 0 Å². The van der Waals surface area contributed by atoms with Crippen LogP contribution in [0.15, 0.2) is 30.3 Å². The number of esters is 2. The summed E-state index contributed by atoms with van der Waals surface area (Å²) in [7, 11) is 0. The lowest BCUT2D eigenvalue weighted by Gasteiger charge is -2.22. The van der Waals surface area contributed by atoms with E-state index in [0.717, 1.165) is 5.56 Å². The third-order valence-corrected chi connectivity index (χ3v) is 2.85. The summed E-state index contributed by atoms with van der Waals surface area (Å²) in [6, 6.07) is 8.22. The molecular weight excluding hydrogens is 298 g/mol. The molecule has 0 aliphatic heterocycles. The Hall–Kier alpha value is -1.92. The molecule has 0 spiro atoms. The number of nitrogens with one attached hydrogen (secondary N) is 1. The number of carbonyl (C=O) groups excluding carboxylic acids is 2. The third-order valence-electron chi connectivity index (χ3n) is 2.85. The van der Waals surface area contributed by atoms with Gasteiger partial charge in [-0.15, -0.1) is 0 Å². The van der Waals surface area contributed by atoms with E-state index in [2.05, 4.69) is 5.32 Å². The van der Waals surface area contributed by atoms with Gasteiger partial charge in [-0.05, 0) is 33.3 Å². The fraction of sp³-hybridized carbons (Fsp3) is 0.529. The van der Waals surface area contributed by atoms with Crippen LogP contribution in [-0.2, 0) is 25.7 Å². The van der Waals surface area contributed by atoms with Crippen molar-refractivity contribution >= 4 is 11.9 Å². The van der Waals surface area contributed by atoms with Crippen molar-refractivity contribution in [1.29, 1.82) is 0 Å². The first kappa shape index (κ1) is 19.1. The van der Waals surface area contributed by atoms with Crippen LogP contribution in [0, 0.1) is 0 Å². The van der Waals surface area contributed by atoms with E-state index in [1.54, 1.807) is 20.8 Å². The molecule has 2 atom stereocenters. The lowest BCUT2D eigenvalue weighted by molar-refractivity contribution is -0.155. The van der Waals surface area contributed by atoms with Crippen molar-refractivity contribution in [2.24, 2.45) is 0 Å². The fourth-order valence-electron chi connectivity index (χ4n) is 1.84. The Bertz CT molecular complexity index is 507. The second-order valence-electron chi connectivity index (χ2n) is 6.28. The van der Waals surface area contributed by atoms with Gasteiger partial charge in [-0.25, -0.2) is 0 Å². The number of benzene rings is 1. The minimum absolute atomic E-state index is 0.108. The highest BCUT2D eigenvalue weighted by atomic mass is 16.6. The molecular formula is C17H25NO5. The van der Waals surface area contributed by atoms with Gasteiger partial charge in [0.25, 0.3) is 0 Å². The molecule has 0 bridgehead atoms. The Morgan fingerprint density at radius 3 is 2.35 bits per heavy atom. The van der Waals surface area contributed by atoms with E-state index in [1.165, 1.54) is 6.92 Å². The van der Waals surface area contributed by atoms with Crippen molar-refractivity contribution in [3.05, 3.63) is 35.9 Å². The van der Waals surface area contributed by atoms with Crippen molar-refractivity contribution in [2.45, 2.75) is 52.0 Å². The molecule has 0 aliphatic rings. The van der Waals surface area contributed by atoms with Gasteiger partial charge in [0.15, 0.2) is 0 Å². The minimum Gasteiger partial charge on any atom is -0.460 e. The van der Waals surface area contributed by atoms with Gasteiger partial charge < -0.3 is 14.6 Å². The number of hydrogen-bond acceptors (Lipinski definition) is 6. The van der Waals surface area contributed by atoms with Crippen LogP contribution in [0.5, 0.6) is 0 Å². The van der Waals surface area contributed by atoms with Crippen molar-refractivity contribution in [3.63, 3.8) is 0 Å². The standard InChI is InChI=1S/C17H25NO5/c1-12(19)15(18-10-14(20)23-17(2,3)4)16(21)22-11-13-8-6-5-7-9-13/h5-9,12,15,18-19H,10-11H2,1-4H3/t12-,15-/m0/s1. The Morgan fingerprint density at radius 1 is 1.22 bits per heavy atom. The Labute approximate surface area is 136 Å². The molecule has 1 aromatic rings. The second-order valence-corrected chi connectivity index (χ2v) is 6.28. The van der Waals surface area contributed by atoms with Gasteiger partial charge in [0.2, 0.25) is 0 Å². The van der Waals surface area contributed by atoms with Gasteiger partial charge in [0.05, 0.1) is 12.6 Å². The van der Waals surface area contributed by atoms with Crippen LogP contribution in [0.4, 0.5) is 0 Å². The van der Waals surface area contributed by atoms with E-state index in [1.807, 2.05) is 30.3 Å². The van der Waals surface area contributed by atoms with Crippen LogP contribution in [0.25, 0.3) is 0 Å². The molecule has 1 aromatic carbocycles. The van der Waals surface area contributed by atoms with E-state index in [4.69, 9.17) is 9.47 Å². The van der Waals surface area contributed by atoms with Gasteiger partial charge in [-0.1, -0.05) is 30.3 Å². The van der Waals surface area contributed by atoms with Gasteiger partial charge in [0, 0.05) is 0 Å². The molecule has 0 aromatic heterocycles. The Kier molecular flexibility index (Phi) is 7.19. The smallest absolute Gasteiger partial charge is 0.326 e. The number of aliphatic hydroxyl groups is 1. The van der Waals surface area contributed by atoms with Crippen molar-refractivity contribution in [3.8, 4) is 0 Å². The summed E-state index contributed by atoms with van der Waals surface area (Å²) in [5, 5.41) is 12.4. The lowest BCUT2D eigenvalue weighted by atomic mass is 10.2. The Morgan fingerprint density at radius 2 is 1.83 bits per heavy atom. The molecule has 2 N–H and O–H groups in total. The number of hydrogen-bond donors (Lipinski definition) is 2. The zero-order valence-electron chi connectivity index (χ0n) is 14.0. The monoisotopic (exact) mass is 323 g/mol. The molecule has 0 saturated heterocycles. The summed E-state index contributed by atoms with van der Waals surface area (Å²) < 4.78 is 10.3. The molecule has 6 nitrogen and oxygen atoms in total. The molecule has 1 rings (SSSR count). The first-order valence-corrected chi connectivity index (χ1v) is 7.53. The topological polar surface area (TPSA) is 84.9 Å². The molecule has 0 heterocycles. The van der Waals surface area contributed by atoms with Gasteiger partial charge in [-0.2, -0.15) is 0 Å². The molecule has 0 unspecified atom stereocenters. The minimum atomic E-state index is -0.999. The SMILES string of the molecule is C[C@H](O)[C@H](NCC(=O)OC(C)(C)C)C(=O)OCc1ccccc1. The summed E-state index contributed by atoms with van der Waals surface area (Å²) in [5.74, 6) is -1.12. The predicted molar refractivity (Wildman–Crippen MR) is 85.6 cm³/mol. The molecule has 0 fully saturated rings. The van der Waals surface area contributed by atoms with E-state index < -0.39 is 29.7 Å². The average molecular weight is 323 g/mol. The zero-order valence-corrected chi connectivity index (χ0v) is 14.0. The van der Waals surface area contributed by atoms with Crippen LogP contribution >= 0.6 is 0 Å². The molecule has 6 heteroatoms. The highest BCUT2D eigenvalue weighted by molar-refractivity contribution is 5.78. The number of aliphatic hydroxyl groups excluding tert-OH is 1. The van der Waals surface area contributed by atoms with E-state index in [9.17, 15) is 14.7 Å². The summed E-state index contributed by atoms with van der Waals surface area (Å²) in [6.07, 6.45) is -0.999. The molecule has 128 valence electrons. The summed E-state index contributed by atoms with van der Waals surface area (Å²) >= 11 is 0. The van der Waals surface area contributed by atoms with Crippen LogP contribution < -0.4 is 5.32 Å². The predicted octanol–water partition coefficient (Wildman–Crippen LogP) is 1.41. The summed E-state index contributed by atoms with van der Waals surface area (Å²) in [4.78, 5) is 23.7. The molecule has 23 heavy (non-hydrogen) atoms. The normalized spacial score (nSPS) is 14.0. The molecule has 0 saturated carbocycles. The third kappa shape index (κ3) is 7.76. The highest BCUT2D eigenvalue weighted by Gasteiger charge is 2.26. The fourth-order valence-corrected chi connectivity index (χ4v) is 1.84. The average Bonchev–Trinajstić information content (AvgIpc) is 2.44. The maximum atomic E-state index is 12.1. The van der Waals surface area contributed by atoms with E-state index in [-0.39, 0.29) is 13.2 Å². The van der Waals surface area contributed by atoms with Crippen LogP contribution in [0.1, 0.15) is 33.3 Å². The van der Waals surface area contributed by atoms with Crippen molar-refractivity contribution in [2.75, 3.05) is 6.54 Å². The molecule has 0 amide bonds. The van der Waals surface area contributed by atoms with Gasteiger partial charge >= 0.3 is 11.9 Å². The van der Waals surface area contributed by atoms with E-state index >= 15 is 0 Å². The Balaban J connectivity index is 2.50. The quantitative estimate of drug-likeness (QED) is 0.738. The van der Waals surface area contributed by atoms with Crippen LogP contribution in [-0.4, -0.2) is 41.3 Å². The van der Waals surface area contributed by atoms with Crippen LogP contribution in [0.3, 0.4) is 0 Å². The summed E-state index contributed by atoms with van der Waals surface area (Å²) in [6.45, 7) is 6.64. The first-order chi connectivity index (χ1) is 10.7. The van der Waals surface area contributed by atoms with Crippen LogP contribution in [0.2, 0.25) is 0 Å². The number of rotatable bonds is 7. The van der Waals surface area contributed by atoms with Gasteiger partial charge in [-0.3, -0.25) is 14.9 Å². The molecule has 0 aliphatic carbocycles. The maximum absolute atomic E-state index is 12.1. The zero-order chi connectivity index (χ0) is 17.5. The number of carbonyl (C=O) groups is 2. The maximum Gasteiger partial charge on any atom is 0.326 e. The highest BCUT2D eigenvalue weighted by Crippen LogP contribution is 2.07. The first-order valence-electron chi connectivity index (χ1n) is 7.53.